The molecule has 80 valence electrons. The standard InChI is InChI=1S/C11H15N3O/c1-8(9-5-3-2-4-6-9)14-11(15)7-10(12)13/h2-6,8H,7H2,1H3,(H3,12,13)(H,14,15)/t8-/m1/s1. The summed E-state index contributed by atoms with van der Waals surface area (Å²) in [6.07, 6.45) is -0.0445. The summed E-state index contributed by atoms with van der Waals surface area (Å²) in [5, 5.41) is 9.76. The number of benzene rings is 1. The lowest BCUT2D eigenvalue weighted by Crippen LogP contribution is -2.30. The van der Waals surface area contributed by atoms with Gasteiger partial charge in [0.25, 0.3) is 0 Å². The zero-order chi connectivity index (χ0) is 11.3. The third-order valence-corrected chi connectivity index (χ3v) is 2.03. The molecule has 4 N–H and O–H groups in total. The number of hydrogen-bond acceptors (Lipinski definition) is 2. The summed E-state index contributed by atoms with van der Waals surface area (Å²) in [6.45, 7) is 1.90. The van der Waals surface area contributed by atoms with E-state index in [4.69, 9.17) is 11.1 Å². The molecule has 0 aliphatic carbocycles. The van der Waals surface area contributed by atoms with Crippen LogP contribution < -0.4 is 11.1 Å². The highest BCUT2D eigenvalue weighted by Gasteiger charge is 2.09. The summed E-state index contributed by atoms with van der Waals surface area (Å²) in [7, 11) is 0. The van der Waals surface area contributed by atoms with Gasteiger partial charge < -0.3 is 11.1 Å². The largest absolute Gasteiger partial charge is 0.387 e. The van der Waals surface area contributed by atoms with E-state index in [0.29, 0.717) is 0 Å². The molecule has 1 amide bonds. The molecule has 0 heterocycles. The van der Waals surface area contributed by atoms with Crippen molar-refractivity contribution in [2.24, 2.45) is 5.73 Å². The van der Waals surface area contributed by atoms with Gasteiger partial charge in [0.1, 0.15) is 0 Å². The third kappa shape index (κ3) is 3.81. The Bertz CT molecular complexity index is 348. The molecular weight excluding hydrogens is 190 g/mol. The Balaban J connectivity index is 2.53. The van der Waals surface area contributed by atoms with Crippen molar-refractivity contribution in [2.75, 3.05) is 0 Å². The molecule has 4 heteroatoms. The second-order valence-corrected chi connectivity index (χ2v) is 3.40. The van der Waals surface area contributed by atoms with E-state index in [9.17, 15) is 4.79 Å². The highest BCUT2D eigenvalue weighted by atomic mass is 16.1. The number of nitrogens with two attached hydrogens (primary N) is 1. The van der Waals surface area contributed by atoms with E-state index in [1.807, 2.05) is 37.3 Å². The molecule has 0 saturated carbocycles. The van der Waals surface area contributed by atoms with E-state index in [2.05, 4.69) is 5.32 Å². The van der Waals surface area contributed by atoms with Crippen LogP contribution in [0.25, 0.3) is 0 Å². The average molecular weight is 205 g/mol. The minimum atomic E-state index is -0.223. The van der Waals surface area contributed by atoms with E-state index < -0.39 is 0 Å². The Morgan fingerprint density at radius 1 is 1.47 bits per heavy atom. The molecule has 1 rings (SSSR count). The van der Waals surface area contributed by atoms with Gasteiger partial charge in [-0.15, -0.1) is 0 Å². The van der Waals surface area contributed by atoms with Crippen LogP contribution in [0.4, 0.5) is 0 Å². The van der Waals surface area contributed by atoms with Gasteiger partial charge in [-0.1, -0.05) is 30.3 Å². The summed E-state index contributed by atoms with van der Waals surface area (Å²) in [5.41, 5.74) is 6.17. The molecular formula is C11H15N3O. The van der Waals surface area contributed by atoms with Crippen LogP contribution in [-0.4, -0.2) is 11.7 Å². The smallest absolute Gasteiger partial charge is 0.228 e. The number of rotatable bonds is 4. The topological polar surface area (TPSA) is 79.0 Å². The van der Waals surface area contributed by atoms with Crippen molar-refractivity contribution in [1.82, 2.24) is 5.32 Å². The fraction of sp³-hybridized carbons (Fsp3) is 0.273. The van der Waals surface area contributed by atoms with Crippen LogP contribution in [-0.2, 0) is 4.79 Å². The number of amides is 1. The first-order chi connectivity index (χ1) is 7.09. The van der Waals surface area contributed by atoms with Gasteiger partial charge in [-0.3, -0.25) is 10.2 Å². The maximum absolute atomic E-state index is 11.3. The Labute approximate surface area is 89.0 Å². The van der Waals surface area contributed by atoms with E-state index in [0.717, 1.165) is 5.56 Å². The van der Waals surface area contributed by atoms with Gasteiger partial charge in [-0.2, -0.15) is 0 Å². The average Bonchev–Trinajstić information content (AvgIpc) is 2.17. The first-order valence-electron chi connectivity index (χ1n) is 4.77. The highest BCUT2D eigenvalue weighted by molar-refractivity contribution is 5.97. The number of amidine groups is 1. The first kappa shape index (κ1) is 11.2. The lowest BCUT2D eigenvalue weighted by atomic mass is 10.1. The highest BCUT2D eigenvalue weighted by Crippen LogP contribution is 2.10. The quantitative estimate of drug-likeness (QED) is 0.510. The van der Waals surface area contributed by atoms with Gasteiger partial charge >= 0.3 is 0 Å². The number of nitrogens with one attached hydrogen (secondary N) is 2. The SMILES string of the molecule is C[C@@H](NC(=O)CC(=N)N)c1ccccc1. The van der Waals surface area contributed by atoms with Crippen LogP contribution in [0, 0.1) is 5.41 Å². The molecule has 15 heavy (non-hydrogen) atoms. The first-order valence-corrected chi connectivity index (χ1v) is 4.77. The van der Waals surface area contributed by atoms with Crippen LogP contribution in [0.1, 0.15) is 24.9 Å². The van der Waals surface area contributed by atoms with Crippen molar-refractivity contribution < 1.29 is 4.79 Å². The van der Waals surface area contributed by atoms with E-state index in [-0.39, 0.29) is 24.2 Å². The maximum atomic E-state index is 11.3. The Kier molecular flexibility index (Phi) is 3.85. The van der Waals surface area contributed by atoms with Crippen LogP contribution in [0.3, 0.4) is 0 Å². The number of hydrogen-bond donors (Lipinski definition) is 3. The van der Waals surface area contributed by atoms with Gasteiger partial charge in [0.2, 0.25) is 5.91 Å². The fourth-order valence-corrected chi connectivity index (χ4v) is 1.29. The molecule has 0 saturated heterocycles. The van der Waals surface area contributed by atoms with Crippen LogP contribution >= 0.6 is 0 Å². The summed E-state index contributed by atoms with van der Waals surface area (Å²) in [4.78, 5) is 11.3. The third-order valence-electron chi connectivity index (χ3n) is 2.03. The van der Waals surface area contributed by atoms with Crippen molar-refractivity contribution in [1.29, 1.82) is 5.41 Å². The number of carbonyl (C=O) groups excluding carboxylic acids is 1. The van der Waals surface area contributed by atoms with Gasteiger partial charge in [0, 0.05) is 0 Å². The molecule has 0 spiro atoms. The van der Waals surface area contributed by atoms with Gasteiger partial charge in [0.05, 0.1) is 18.3 Å². The van der Waals surface area contributed by atoms with Crippen LogP contribution in [0.15, 0.2) is 30.3 Å². The molecule has 0 aliphatic rings. The van der Waals surface area contributed by atoms with Crippen molar-refractivity contribution in [3.63, 3.8) is 0 Å². The van der Waals surface area contributed by atoms with E-state index in [1.165, 1.54) is 0 Å². The van der Waals surface area contributed by atoms with Crippen LogP contribution in [0.5, 0.6) is 0 Å². The van der Waals surface area contributed by atoms with E-state index >= 15 is 0 Å². The summed E-state index contributed by atoms with van der Waals surface area (Å²) in [5.74, 6) is -0.341. The second kappa shape index (κ2) is 5.14. The monoisotopic (exact) mass is 205 g/mol. The van der Waals surface area contributed by atoms with Crippen molar-refractivity contribution in [3.8, 4) is 0 Å². The normalized spacial score (nSPS) is 11.8. The molecule has 1 aromatic carbocycles. The minimum Gasteiger partial charge on any atom is -0.387 e. The van der Waals surface area contributed by atoms with Gasteiger partial charge in [0.15, 0.2) is 0 Å². The zero-order valence-electron chi connectivity index (χ0n) is 8.66. The Hall–Kier alpha value is -1.84. The van der Waals surface area contributed by atoms with Crippen molar-refractivity contribution in [2.45, 2.75) is 19.4 Å². The lowest BCUT2D eigenvalue weighted by Gasteiger charge is -2.13. The fourth-order valence-electron chi connectivity index (χ4n) is 1.29. The lowest BCUT2D eigenvalue weighted by molar-refractivity contribution is -0.120. The molecule has 0 bridgehead atoms. The Morgan fingerprint density at radius 2 is 2.07 bits per heavy atom. The summed E-state index contributed by atoms with van der Waals surface area (Å²) in [6, 6.07) is 9.59. The predicted octanol–water partition coefficient (Wildman–Crippen LogP) is 1.19. The van der Waals surface area contributed by atoms with E-state index in [1.54, 1.807) is 0 Å². The maximum Gasteiger partial charge on any atom is 0.228 e. The van der Waals surface area contributed by atoms with Gasteiger partial charge in [-0.05, 0) is 12.5 Å². The molecule has 0 fully saturated rings. The molecule has 4 nitrogen and oxygen atoms in total. The molecule has 0 unspecified atom stereocenters. The minimum absolute atomic E-state index is 0.0445. The summed E-state index contributed by atoms with van der Waals surface area (Å²) < 4.78 is 0. The molecule has 1 atom stereocenters. The number of carbonyl (C=O) groups is 1. The Morgan fingerprint density at radius 3 is 2.60 bits per heavy atom. The van der Waals surface area contributed by atoms with Crippen LogP contribution in [0.2, 0.25) is 0 Å². The van der Waals surface area contributed by atoms with Crippen molar-refractivity contribution in [3.05, 3.63) is 35.9 Å². The summed E-state index contributed by atoms with van der Waals surface area (Å²) >= 11 is 0. The van der Waals surface area contributed by atoms with Crippen molar-refractivity contribution >= 4 is 11.7 Å². The molecule has 0 radical (unpaired) electrons. The molecule has 1 aromatic rings. The zero-order valence-corrected chi connectivity index (χ0v) is 8.66. The second-order valence-electron chi connectivity index (χ2n) is 3.40. The predicted molar refractivity (Wildman–Crippen MR) is 59.5 cm³/mol. The molecule has 0 aliphatic heterocycles. The van der Waals surface area contributed by atoms with Gasteiger partial charge in [-0.25, -0.2) is 0 Å². The molecule has 0 aromatic heterocycles.